The van der Waals surface area contributed by atoms with Gasteiger partial charge in [-0.2, -0.15) is 0 Å². The van der Waals surface area contributed by atoms with Gasteiger partial charge in [-0.3, -0.25) is 10.1 Å². The van der Waals surface area contributed by atoms with Crippen molar-refractivity contribution in [2.45, 2.75) is 51.2 Å². The molecule has 3 heteroatoms. The van der Waals surface area contributed by atoms with Crippen LogP contribution in [0.4, 0.5) is 0 Å². The van der Waals surface area contributed by atoms with Crippen molar-refractivity contribution in [2.75, 3.05) is 6.54 Å². The van der Waals surface area contributed by atoms with Gasteiger partial charge in [0.05, 0.1) is 12.2 Å². The Hall–Kier alpha value is -1.35. The number of nitrogens with zero attached hydrogens (tertiary/aromatic N) is 1. The Morgan fingerprint density at radius 1 is 1.25 bits per heavy atom. The molecule has 20 heavy (non-hydrogen) atoms. The lowest BCUT2D eigenvalue weighted by Gasteiger charge is -2.29. The normalized spacial score (nSPS) is 26.9. The van der Waals surface area contributed by atoms with E-state index >= 15 is 0 Å². The van der Waals surface area contributed by atoms with Crippen molar-refractivity contribution in [3.05, 3.63) is 35.9 Å². The highest BCUT2D eigenvalue weighted by Gasteiger charge is 2.36. The highest BCUT2D eigenvalue weighted by atomic mass is 16.2. The topological polar surface area (TPSA) is 32.3 Å². The van der Waals surface area contributed by atoms with Crippen LogP contribution in [0.3, 0.4) is 0 Å². The van der Waals surface area contributed by atoms with Gasteiger partial charge in [-0.15, -0.1) is 0 Å². The zero-order chi connectivity index (χ0) is 13.9. The van der Waals surface area contributed by atoms with Gasteiger partial charge in [0.15, 0.2) is 0 Å². The smallest absolute Gasteiger partial charge is 0.241 e. The molecule has 0 radical (unpaired) electrons. The van der Waals surface area contributed by atoms with Crippen LogP contribution in [-0.4, -0.2) is 29.6 Å². The van der Waals surface area contributed by atoms with E-state index < -0.39 is 0 Å². The molecule has 2 aliphatic rings. The summed E-state index contributed by atoms with van der Waals surface area (Å²) in [4.78, 5) is 14.5. The fraction of sp³-hybridized carbons (Fsp3) is 0.588. The van der Waals surface area contributed by atoms with Gasteiger partial charge < -0.3 is 4.90 Å². The molecular formula is C17H24N2O. The Morgan fingerprint density at radius 3 is 2.65 bits per heavy atom. The Morgan fingerprint density at radius 2 is 2.00 bits per heavy atom. The van der Waals surface area contributed by atoms with Crippen molar-refractivity contribution in [3.8, 4) is 0 Å². The molecule has 1 aliphatic heterocycles. The second kappa shape index (κ2) is 5.96. The number of carbonyl (C=O) groups is 1. The quantitative estimate of drug-likeness (QED) is 0.893. The number of benzene rings is 1. The second-order valence-electron chi connectivity index (χ2n) is 6.20. The van der Waals surface area contributed by atoms with Crippen molar-refractivity contribution in [1.29, 1.82) is 0 Å². The third-order valence-electron chi connectivity index (χ3n) is 4.78. The van der Waals surface area contributed by atoms with E-state index in [1.807, 2.05) is 23.1 Å². The predicted molar refractivity (Wildman–Crippen MR) is 80.2 cm³/mol. The Kier molecular flexibility index (Phi) is 4.06. The summed E-state index contributed by atoms with van der Waals surface area (Å²) in [5.74, 6) is 1.14. The molecule has 3 rings (SSSR count). The molecule has 2 fully saturated rings. The lowest BCUT2D eigenvalue weighted by molar-refractivity contribution is -0.130. The molecule has 1 amide bonds. The van der Waals surface area contributed by atoms with Gasteiger partial charge in [0.2, 0.25) is 5.91 Å². The molecule has 108 valence electrons. The van der Waals surface area contributed by atoms with Gasteiger partial charge in [-0.25, -0.2) is 0 Å². The van der Waals surface area contributed by atoms with Crippen molar-refractivity contribution in [3.63, 3.8) is 0 Å². The highest BCUT2D eigenvalue weighted by Crippen LogP contribution is 2.30. The van der Waals surface area contributed by atoms with E-state index in [4.69, 9.17) is 0 Å². The molecule has 1 aliphatic carbocycles. The Balaban J connectivity index is 1.56. The van der Waals surface area contributed by atoms with Crippen molar-refractivity contribution >= 4 is 5.91 Å². The molecule has 1 heterocycles. The molecule has 1 aromatic rings. The van der Waals surface area contributed by atoms with Gasteiger partial charge in [0.1, 0.15) is 0 Å². The minimum Gasteiger partial charge on any atom is -0.326 e. The number of rotatable bonds is 5. The number of hydrogen-bond donors (Lipinski definition) is 1. The molecule has 1 aromatic carbocycles. The van der Waals surface area contributed by atoms with Gasteiger partial charge in [0, 0.05) is 6.54 Å². The summed E-state index contributed by atoms with van der Waals surface area (Å²) < 4.78 is 0. The molecular weight excluding hydrogens is 248 g/mol. The largest absolute Gasteiger partial charge is 0.326 e. The first kappa shape index (κ1) is 13.6. The van der Waals surface area contributed by atoms with Crippen LogP contribution in [-0.2, 0) is 11.2 Å². The van der Waals surface area contributed by atoms with Gasteiger partial charge in [0.25, 0.3) is 0 Å². The van der Waals surface area contributed by atoms with E-state index in [1.165, 1.54) is 31.2 Å². The van der Waals surface area contributed by atoms with E-state index in [-0.39, 0.29) is 18.1 Å². The summed E-state index contributed by atoms with van der Waals surface area (Å²) in [7, 11) is 0. The van der Waals surface area contributed by atoms with Crippen LogP contribution in [0.2, 0.25) is 0 Å². The second-order valence-corrected chi connectivity index (χ2v) is 6.20. The zero-order valence-electron chi connectivity index (χ0n) is 12.2. The Labute approximate surface area is 121 Å². The summed E-state index contributed by atoms with van der Waals surface area (Å²) in [6.45, 7) is 3.02. The van der Waals surface area contributed by atoms with Crippen LogP contribution in [0, 0.1) is 5.92 Å². The first-order valence-corrected chi connectivity index (χ1v) is 7.84. The summed E-state index contributed by atoms with van der Waals surface area (Å²) >= 11 is 0. The monoisotopic (exact) mass is 272 g/mol. The van der Waals surface area contributed by atoms with E-state index in [0.717, 1.165) is 18.9 Å². The van der Waals surface area contributed by atoms with Crippen LogP contribution in [0.15, 0.2) is 30.3 Å². The molecule has 1 saturated heterocycles. The summed E-state index contributed by atoms with van der Waals surface area (Å²) in [6.07, 6.45) is 6.24. The zero-order valence-corrected chi connectivity index (χ0v) is 12.2. The highest BCUT2D eigenvalue weighted by molar-refractivity contribution is 5.84. The SMILES string of the molecule is CC1NC(Cc2ccccc2)C(=O)N1CCC1CCC1. The van der Waals surface area contributed by atoms with E-state index in [9.17, 15) is 4.79 Å². The minimum absolute atomic E-state index is 0.0474. The molecule has 0 spiro atoms. The van der Waals surface area contributed by atoms with Crippen LogP contribution >= 0.6 is 0 Å². The van der Waals surface area contributed by atoms with Gasteiger partial charge in [-0.1, -0.05) is 49.6 Å². The summed E-state index contributed by atoms with van der Waals surface area (Å²) in [5, 5.41) is 3.44. The maximum absolute atomic E-state index is 12.5. The lowest BCUT2D eigenvalue weighted by atomic mass is 9.83. The maximum Gasteiger partial charge on any atom is 0.241 e. The van der Waals surface area contributed by atoms with E-state index in [1.54, 1.807) is 0 Å². The number of amides is 1. The van der Waals surface area contributed by atoms with Crippen LogP contribution in [0.25, 0.3) is 0 Å². The average molecular weight is 272 g/mol. The Bertz CT molecular complexity index is 455. The maximum atomic E-state index is 12.5. The molecule has 1 saturated carbocycles. The number of hydrogen-bond acceptors (Lipinski definition) is 2. The molecule has 3 nitrogen and oxygen atoms in total. The number of nitrogens with one attached hydrogen (secondary N) is 1. The minimum atomic E-state index is -0.0474. The van der Waals surface area contributed by atoms with Crippen molar-refractivity contribution in [2.24, 2.45) is 5.92 Å². The first-order valence-electron chi connectivity index (χ1n) is 7.84. The van der Waals surface area contributed by atoms with Crippen LogP contribution in [0.1, 0.15) is 38.2 Å². The average Bonchev–Trinajstić information content (AvgIpc) is 2.65. The molecule has 0 aromatic heterocycles. The molecule has 2 unspecified atom stereocenters. The molecule has 1 N–H and O–H groups in total. The third kappa shape index (κ3) is 2.88. The lowest BCUT2D eigenvalue weighted by Crippen LogP contribution is -2.36. The van der Waals surface area contributed by atoms with Gasteiger partial charge in [-0.05, 0) is 31.2 Å². The van der Waals surface area contributed by atoms with Crippen LogP contribution in [0.5, 0.6) is 0 Å². The standard InChI is InChI=1S/C17H24N2O/c1-13-18-16(12-15-6-3-2-4-7-15)17(20)19(13)11-10-14-8-5-9-14/h2-4,6-7,13-14,16,18H,5,8-12H2,1H3. The van der Waals surface area contributed by atoms with E-state index in [0.29, 0.717) is 0 Å². The van der Waals surface area contributed by atoms with Crippen molar-refractivity contribution < 1.29 is 4.79 Å². The van der Waals surface area contributed by atoms with E-state index in [2.05, 4.69) is 24.4 Å². The van der Waals surface area contributed by atoms with Crippen LogP contribution < -0.4 is 5.32 Å². The predicted octanol–water partition coefficient (Wildman–Crippen LogP) is 2.57. The number of carbonyl (C=O) groups excluding carboxylic acids is 1. The molecule has 0 bridgehead atoms. The first-order chi connectivity index (χ1) is 9.74. The molecule has 2 atom stereocenters. The van der Waals surface area contributed by atoms with Gasteiger partial charge >= 0.3 is 0 Å². The van der Waals surface area contributed by atoms with Crippen molar-refractivity contribution in [1.82, 2.24) is 10.2 Å². The third-order valence-corrected chi connectivity index (χ3v) is 4.78. The summed E-state index contributed by atoms with van der Waals surface area (Å²) in [6, 6.07) is 10.2. The summed E-state index contributed by atoms with van der Waals surface area (Å²) in [5.41, 5.74) is 1.23. The fourth-order valence-electron chi connectivity index (χ4n) is 3.25. The fourth-order valence-corrected chi connectivity index (χ4v) is 3.25.